The van der Waals surface area contributed by atoms with E-state index in [1.165, 1.54) is 13.2 Å². The molecule has 0 bridgehead atoms. The second-order valence-corrected chi connectivity index (χ2v) is 5.64. The molecule has 0 unspecified atom stereocenters. The van der Waals surface area contributed by atoms with Crippen LogP contribution in [0.1, 0.15) is 12.8 Å². The Hall–Kier alpha value is -2.23. The number of methoxy groups -OCH3 is 1. The van der Waals surface area contributed by atoms with E-state index < -0.39 is 0 Å². The third-order valence-corrected chi connectivity index (χ3v) is 4.05. The molecule has 1 aliphatic rings. The van der Waals surface area contributed by atoms with Crippen molar-refractivity contribution < 1.29 is 13.9 Å². The molecule has 0 aliphatic heterocycles. The van der Waals surface area contributed by atoms with Gasteiger partial charge in [-0.1, -0.05) is 18.2 Å². The molecule has 1 saturated carbocycles. The SMILES string of the molecule is COc1ccc(-c2ccc(O[C@H]3C[C@H](N=C=S)C3)cc2)cc1F. The first-order chi connectivity index (χ1) is 11.2. The fourth-order valence-corrected chi connectivity index (χ4v) is 2.73. The molecule has 0 heterocycles. The van der Waals surface area contributed by atoms with Crippen LogP contribution in [0.25, 0.3) is 11.1 Å². The number of benzene rings is 2. The lowest BCUT2D eigenvalue weighted by molar-refractivity contribution is 0.102. The van der Waals surface area contributed by atoms with Gasteiger partial charge in [-0.2, -0.15) is 0 Å². The van der Waals surface area contributed by atoms with Gasteiger partial charge in [0, 0.05) is 12.8 Å². The van der Waals surface area contributed by atoms with E-state index >= 15 is 0 Å². The van der Waals surface area contributed by atoms with Crippen LogP contribution in [0.2, 0.25) is 0 Å². The second kappa shape index (κ2) is 6.90. The summed E-state index contributed by atoms with van der Waals surface area (Å²) in [5.41, 5.74) is 1.73. The van der Waals surface area contributed by atoms with Gasteiger partial charge in [-0.3, -0.25) is 0 Å². The van der Waals surface area contributed by atoms with Crippen LogP contribution in [0.15, 0.2) is 47.5 Å². The highest BCUT2D eigenvalue weighted by atomic mass is 32.1. The van der Waals surface area contributed by atoms with Crippen LogP contribution < -0.4 is 9.47 Å². The molecule has 0 N–H and O–H groups in total. The Morgan fingerprint density at radius 2 is 1.83 bits per heavy atom. The smallest absolute Gasteiger partial charge is 0.165 e. The van der Waals surface area contributed by atoms with Gasteiger partial charge in [0.1, 0.15) is 11.9 Å². The monoisotopic (exact) mass is 329 g/mol. The van der Waals surface area contributed by atoms with Crippen molar-refractivity contribution in [1.29, 1.82) is 0 Å². The van der Waals surface area contributed by atoms with E-state index in [1.807, 2.05) is 30.3 Å². The van der Waals surface area contributed by atoms with Crippen molar-refractivity contribution in [2.75, 3.05) is 7.11 Å². The predicted octanol–water partition coefficient (Wildman–Crippen LogP) is 4.51. The summed E-state index contributed by atoms with van der Waals surface area (Å²) in [6, 6.07) is 12.8. The topological polar surface area (TPSA) is 30.8 Å². The Bertz CT molecular complexity index is 735. The summed E-state index contributed by atoms with van der Waals surface area (Å²) in [5, 5.41) is 2.41. The minimum absolute atomic E-state index is 0.177. The van der Waals surface area contributed by atoms with Crippen molar-refractivity contribution in [2.24, 2.45) is 4.99 Å². The van der Waals surface area contributed by atoms with Crippen LogP contribution in [-0.4, -0.2) is 24.4 Å². The Kier molecular flexibility index (Phi) is 4.70. The van der Waals surface area contributed by atoms with Gasteiger partial charge in [-0.25, -0.2) is 9.38 Å². The normalized spacial score (nSPS) is 19.4. The van der Waals surface area contributed by atoms with E-state index in [2.05, 4.69) is 22.4 Å². The zero-order valence-corrected chi connectivity index (χ0v) is 13.5. The lowest BCUT2D eigenvalue weighted by Gasteiger charge is -2.31. The first kappa shape index (κ1) is 15.7. The van der Waals surface area contributed by atoms with Gasteiger partial charge >= 0.3 is 0 Å². The van der Waals surface area contributed by atoms with Crippen LogP contribution in [0.3, 0.4) is 0 Å². The number of halogens is 1. The Morgan fingerprint density at radius 3 is 2.43 bits per heavy atom. The standard InChI is InChI=1S/C18H16FNO2S/c1-21-18-7-4-13(8-17(18)19)12-2-5-15(6-3-12)22-16-9-14(10-16)20-11-23/h2-8,14,16H,9-10H2,1H3/t14-,16-. The van der Waals surface area contributed by atoms with E-state index in [0.717, 1.165) is 29.7 Å². The molecule has 118 valence electrons. The van der Waals surface area contributed by atoms with Crippen LogP contribution in [0.4, 0.5) is 4.39 Å². The van der Waals surface area contributed by atoms with Gasteiger partial charge < -0.3 is 9.47 Å². The lowest BCUT2D eigenvalue weighted by Crippen LogP contribution is -2.36. The largest absolute Gasteiger partial charge is 0.494 e. The molecule has 2 aromatic carbocycles. The summed E-state index contributed by atoms with van der Waals surface area (Å²) in [4.78, 5) is 4.04. The molecule has 2 aromatic rings. The molecule has 0 spiro atoms. The minimum Gasteiger partial charge on any atom is -0.494 e. The quantitative estimate of drug-likeness (QED) is 0.597. The molecular weight excluding hydrogens is 313 g/mol. The van der Waals surface area contributed by atoms with Crippen molar-refractivity contribution in [2.45, 2.75) is 25.0 Å². The predicted molar refractivity (Wildman–Crippen MR) is 90.9 cm³/mol. The van der Waals surface area contributed by atoms with E-state index in [0.29, 0.717) is 0 Å². The fraction of sp³-hybridized carbons (Fsp3) is 0.278. The maximum absolute atomic E-state index is 13.8. The molecule has 1 aliphatic carbocycles. The van der Waals surface area contributed by atoms with Crippen molar-refractivity contribution in [3.8, 4) is 22.6 Å². The number of ether oxygens (including phenoxy) is 2. The van der Waals surface area contributed by atoms with Gasteiger partial charge in [0.2, 0.25) is 0 Å². The summed E-state index contributed by atoms with van der Waals surface area (Å²) in [5.74, 6) is 0.676. The van der Waals surface area contributed by atoms with E-state index in [4.69, 9.17) is 9.47 Å². The zero-order valence-electron chi connectivity index (χ0n) is 12.7. The molecule has 0 saturated heterocycles. The van der Waals surface area contributed by atoms with Gasteiger partial charge in [0.25, 0.3) is 0 Å². The number of rotatable bonds is 5. The number of aliphatic imine (C=N–C) groups is 1. The lowest BCUT2D eigenvalue weighted by atomic mass is 9.90. The van der Waals surface area contributed by atoms with Crippen molar-refractivity contribution in [1.82, 2.24) is 0 Å². The molecule has 0 atom stereocenters. The van der Waals surface area contributed by atoms with Crippen LogP contribution in [0.5, 0.6) is 11.5 Å². The highest BCUT2D eigenvalue weighted by Crippen LogP contribution is 2.30. The summed E-state index contributed by atoms with van der Waals surface area (Å²) in [6.07, 6.45) is 1.92. The summed E-state index contributed by atoms with van der Waals surface area (Å²) in [6.45, 7) is 0. The first-order valence-corrected chi connectivity index (χ1v) is 7.78. The molecule has 0 amide bonds. The van der Waals surface area contributed by atoms with Gasteiger partial charge in [0.05, 0.1) is 18.3 Å². The maximum Gasteiger partial charge on any atom is 0.165 e. The fourth-order valence-electron chi connectivity index (χ4n) is 2.58. The number of nitrogens with zero attached hydrogens (tertiary/aromatic N) is 1. The van der Waals surface area contributed by atoms with Gasteiger partial charge in [0.15, 0.2) is 11.6 Å². The Labute approximate surface area is 139 Å². The minimum atomic E-state index is -0.370. The third kappa shape index (κ3) is 3.58. The molecule has 0 aromatic heterocycles. The highest BCUT2D eigenvalue weighted by Gasteiger charge is 2.30. The van der Waals surface area contributed by atoms with Crippen LogP contribution in [0, 0.1) is 5.82 Å². The maximum atomic E-state index is 13.8. The Balaban J connectivity index is 1.65. The van der Waals surface area contributed by atoms with Crippen molar-refractivity contribution in [3.05, 3.63) is 48.3 Å². The van der Waals surface area contributed by atoms with E-state index in [-0.39, 0.29) is 23.7 Å². The summed E-state index contributed by atoms with van der Waals surface area (Å²) >= 11 is 4.59. The third-order valence-electron chi connectivity index (χ3n) is 3.95. The van der Waals surface area contributed by atoms with Crippen molar-refractivity contribution >= 4 is 17.4 Å². The van der Waals surface area contributed by atoms with Crippen LogP contribution in [-0.2, 0) is 0 Å². The molecule has 1 fully saturated rings. The molecular formula is C18H16FNO2S. The number of isothiocyanates is 1. The van der Waals surface area contributed by atoms with E-state index in [9.17, 15) is 4.39 Å². The van der Waals surface area contributed by atoms with Crippen molar-refractivity contribution in [3.63, 3.8) is 0 Å². The van der Waals surface area contributed by atoms with E-state index in [1.54, 1.807) is 6.07 Å². The molecule has 3 rings (SSSR count). The van der Waals surface area contributed by atoms with Gasteiger partial charge in [-0.05, 0) is 47.6 Å². The highest BCUT2D eigenvalue weighted by molar-refractivity contribution is 7.78. The zero-order chi connectivity index (χ0) is 16.2. The average molecular weight is 329 g/mol. The number of thiocarbonyl (C=S) groups is 1. The van der Waals surface area contributed by atoms with Gasteiger partial charge in [-0.15, -0.1) is 0 Å². The summed E-state index contributed by atoms with van der Waals surface area (Å²) < 4.78 is 24.6. The van der Waals surface area contributed by atoms with Crippen LogP contribution >= 0.6 is 12.2 Å². The first-order valence-electron chi connectivity index (χ1n) is 7.37. The molecule has 5 heteroatoms. The summed E-state index contributed by atoms with van der Waals surface area (Å²) in [7, 11) is 1.45. The number of hydrogen-bond donors (Lipinski definition) is 0. The Morgan fingerprint density at radius 1 is 1.13 bits per heavy atom. The molecule has 23 heavy (non-hydrogen) atoms. The average Bonchev–Trinajstić information content (AvgIpc) is 2.53. The molecule has 0 radical (unpaired) electrons. The molecule has 3 nitrogen and oxygen atoms in total. The second-order valence-electron chi connectivity index (χ2n) is 5.46. The number of hydrogen-bond acceptors (Lipinski definition) is 4.